The molecule has 0 saturated heterocycles. The highest BCUT2D eigenvalue weighted by atomic mass is 35.5. The minimum Gasteiger partial charge on any atom is -0.298 e. The van der Waals surface area contributed by atoms with Gasteiger partial charge >= 0.3 is 0 Å². The molecule has 0 saturated carbocycles. The summed E-state index contributed by atoms with van der Waals surface area (Å²) in [6.45, 7) is 0. The lowest BCUT2D eigenvalue weighted by Crippen LogP contribution is -1.96. The Hall–Kier alpha value is -2.20. The lowest BCUT2D eigenvalue weighted by molar-refractivity contribution is 0.112. The normalized spacial score (nSPS) is 10.7. The highest BCUT2D eigenvalue weighted by molar-refractivity contribution is 6.32. The van der Waals surface area contributed by atoms with Gasteiger partial charge in [-0.1, -0.05) is 41.9 Å². The first-order chi connectivity index (χ1) is 8.79. The fraction of sp³-hybridized carbons (Fsp3) is 0. The maximum Gasteiger partial charge on any atom is 0.164 e. The Morgan fingerprint density at radius 3 is 2.56 bits per heavy atom. The fourth-order valence-corrected chi connectivity index (χ4v) is 2.02. The molecule has 0 aliphatic rings. The SMILES string of the molecule is O=Cc1c(Cl)nn2nc(-c3ccccc3)ccc12. The van der Waals surface area contributed by atoms with Gasteiger partial charge in [-0.3, -0.25) is 4.79 Å². The van der Waals surface area contributed by atoms with E-state index in [9.17, 15) is 4.79 Å². The van der Waals surface area contributed by atoms with E-state index in [2.05, 4.69) is 10.2 Å². The van der Waals surface area contributed by atoms with Gasteiger partial charge in [-0.15, -0.1) is 14.8 Å². The molecule has 0 fully saturated rings. The average Bonchev–Trinajstić information content (AvgIpc) is 2.74. The molecule has 2 heterocycles. The van der Waals surface area contributed by atoms with Gasteiger partial charge in [0, 0.05) is 5.56 Å². The topological polar surface area (TPSA) is 47.3 Å². The number of hydrogen-bond acceptors (Lipinski definition) is 3. The van der Waals surface area contributed by atoms with Crippen LogP contribution in [0.15, 0.2) is 42.5 Å². The van der Waals surface area contributed by atoms with E-state index in [1.165, 1.54) is 4.63 Å². The number of aldehydes is 1. The van der Waals surface area contributed by atoms with Crippen molar-refractivity contribution in [1.82, 2.24) is 14.8 Å². The van der Waals surface area contributed by atoms with Gasteiger partial charge in [-0.25, -0.2) is 0 Å². The van der Waals surface area contributed by atoms with E-state index in [0.717, 1.165) is 11.3 Å². The molecule has 0 unspecified atom stereocenters. The van der Waals surface area contributed by atoms with Gasteiger partial charge < -0.3 is 0 Å². The molecule has 0 amide bonds. The van der Waals surface area contributed by atoms with Gasteiger partial charge in [0.1, 0.15) is 0 Å². The third-order valence-electron chi connectivity index (χ3n) is 2.69. The van der Waals surface area contributed by atoms with Crippen LogP contribution in [0.4, 0.5) is 0 Å². The summed E-state index contributed by atoms with van der Waals surface area (Å²) in [6.07, 6.45) is 0.689. The first-order valence-corrected chi connectivity index (χ1v) is 5.73. The minimum absolute atomic E-state index is 0.169. The number of carbonyl (C=O) groups excluding carboxylic acids is 1. The molecule has 0 aliphatic heterocycles. The maximum absolute atomic E-state index is 10.9. The van der Waals surface area contributed by atoms with Crippen molar-refractivity contribution in [3.8, 4) is 11.3 Å². The van der Waals surface area contributed by atoms with Crippen LogP contribution < -0.4 is 0 Å². The monoisotopic (exact) mass is 257 g/mol. The molecule has 3 aromatic rings. The first-order valence-electron chi connectivity index (χ1n) is 5.36. The Balaban J connectivity index is 2.21. The second-order valence-corrected chi connectivity index (χ2v) is 4.14. The van der Waals surface area contributed by atoms with Crippen molar-refractivity contribution >= 4 is 23.4 Å². The molecule has 0 bridgehead atoms. The summed E-state index contributed by atoms with van der Waals surface area (Å²) in [5.74, 6) is 0. The summed E-state index contributed by atoms with van der Waals surface area (Å²) in [5, 5.41) is 8.52. The summed E-state index contributed by atoms with van der Waals surface area (Å²) in [6, 6.07) is 13.4. The number of rotatable bonds is 2. The van der Waals surface area contributed by atoms with E-state index in [1.54, 1.807) is 6.07 Å². The van der Waals surface area contributed by atoms with E-state index < -0.39 is 0 Å². The van der Waals surface area contributed by atoms with E-state index in [4.69, 9.17) is 11.6 Å². The van der Waals surface area contributed by atoms with E-state index >= 15 is 0 Å². The van der Waals surface area contributed by atoms with Crippen molar-refractivity contribution in [3.63, 3.8) is 0 Å². The van der Waals surface area contributed by atoms with Gasteiger partial charge in [0.25, 0.3) is 0 Å². The van der Waals surface area contributed by atoms with Crippen molar-refractivity contribution < 1.29 is 4.79 Å². The van der Waals surface area contributed by atoms with Crippen LogP contribution in [-0.4, -0.2) is 21.1 Å². The highest BCUT2D eigenvalue weighted by Gasteiger charge is 2.11. The lowest BCUT2D eigenvalue weighted by atomic mass is 10.1. The Labute approximate surface area is 108 Å². The van der Waals surface area contributed by atoms with E-state index in [1.807, 2.05) is 36.4 Å². The zero-order valence-corrected chi connectivity index (χ0v) is 10.0. The molecular weight excluding hydrogens is 250 g/mol. The molecule has 2 aromatic heterocycles. The predicted octanol–water partition coefficient (Wildman–Crippen LogP) is 2.86. The first kappa shape index (κ1) is 10.9. The summed E-state index contributed by atoms with van der Waals surface area (Å²) in [5.41, 5.74) is 2.73. The van der Waals surface area contributed by atoms with Gasteiger partial charge in [0.2, 0.25) is 0 Å². The van der Waals surface area contributed by atoms with Gasteiger partial charge in [-0.2, -0.15) is 0 Å². The molecule has 3 rings (SSSR count). The fourth-order valence-electron chi connectivity index (χ4n) is 1.80. The smallest absolute Gasteiger partial charge is 0.164 e. The molecule has 5 heteroatoms. The van der Waals surface area contributed by atoms with Crippen LogP contribution in [0.3, 0.4) is 0 Å². The zero-order valence-electron chi connectivity index (χ0n) is 9.25. The summed E-state index contributed by atoms with van der Waals surface area (Å²) < 4.78 is 1.38. The van der Waals surface area contributed by atoms with E-state index in [0.29, 0.717) is 17.4 Å². The van der Waals surface area contributed by atoms with Crippen molar-refractivity contribution in [2.24, 2.45) is 0 Å². The molecule has 0 radical (unpaired) electrons. The molecule has 0 spiro atoms. The van der Waals surface area contributed by atoms with Gasteiger partial charge in [0.15, 0.2) is 11.4 Å². The van der Waals surface area contributed by atoms with Crippen LogP contribution in [0, 0.1) is 0 Å². The van der Waals surface area contributed by atoms with Gasteiger partial charge in [-0.05, 0) is 12.1 Å². The summed E-state index contributed by atoms with van der Waals surface area (Å²) in [7, 11) is 0. The Kier molecular flexibility index (Phi) is 2.57. The van der Waals surface area contributed by atoms with Crippen molar-refractivity contribution in [1.29, 1.82) is 0 Å². The molecular formula is C13H8ClN3O. The Bertz CT molecular complexity index is 722. The number of carbonyl (C=O) groups is 1. The van der Waals surface area contributed by atoms with Crippen LogP contribution in [-0.2, 0) is 0 Å². The Morgan fingerprint density at radius 2 is 1.83 bits per heavy atom. The molecule has 88 valence electrons. The lowest BCUT2D eigenvalue weighted by Gasteiger charge is -2.00. The largest absolute Gasteiger partial charge is 0.298 e. The number of benzene rings is 1. The summed E-state index contributed by atoms with van der Waals surface area (Å²) >= 11 is 5.86. The van der Waals surface area contributed by atoms with Crippen LogP contribution >= 0.6 is 11.6 Å². The highest BCUT2D eigenvalue weighted by Crippen LogP contribution is 2.21. The third-order valence-corrected chi connectivity index (χ3v) is 2.96. The zero-order chi connectivity index (χ0) is 12.5. The molecule has 0 atom stereocenters. The molecule has 0 N–H and O–H groups in total. The van der Waals surface area contributed by atoms with E-state index in [-0.39, 0.29) is 5.15 Å². The molecule has 4 nitrogen and oxygen atoms in total. The second-order valence-electron chi connectivity index (χ2n) is 3.78. The number of halogens is 1. The quantitative estimate of drug-likeness (QED) is 0.663. The van der Waals surface area contributed by atoms with Gasteiger partial charge in [0.05, 0.1) is 16.8 Å². The van der Waals surface area contributed by atoms with Crippen LogP contribution in [0.25, 0.3) is 16.8 Å². The number of nitrogens with zero attached hydrogens (tertiary/aromatic N) is 3. The maximum atomic E-state index is 10.9. The number of aromatic nitrogens is 3. The number of hydrogen-bond donors (Lipinski definition) is 0. The van der Waals surface area contributed by atoms with Crippen LogP contribution in [0.5, 0.6) is 0 Å². The Morgan fingerprint density at radius 1 is 1.06 bits per heavy atom. The van der Waals surface area contributed by atoms with Crippen LogP contribution in [0.2, 0.25) is 5.15 Å². The predicted molar refractivity (Wildman–Crippen MR) is 68.8 cm³/mol. The van der Waals surface area contributed by atoms with Crippen molar-refractivity contribution in [2.45, 2.75) is 0 Å². The minimum atomic E-state index is 0.169. The molecule has 0 aliphatic carbocycles. The van der Waals surface area contributed by atoms with Crippen molar-refractivity contribution in [3.05, 3.63) is 53.2 Å². The molecule has 18 heavy (non-hydrogen) atoms. The number of fused-ring (bicyclic) bond motifs is 1. The average molecular weight is 258 g/mol. The third kappa shape index (κ3) is 1.67. The van der Waals surface area contributed by atoms with Crippen molar-refractivity contribution in [2.75, 3.05) is 0 Å². The molecule has 1 aromatic carbocycles. The standard InChI is InChI=1S/C13H8ClN3O/c14-13-10(8-18)12-7-6-11(15-17(12)16-13)9-4-2-1-3-5-9/h1-8H. The second kappa shape index (κ2) is 4.23. The van der Waals surface area contributed by atoms with Crippen LogP contribution in [0.1, 0.15) is 10.4 Å². The summed E-state index contributed by atoms with van der Waals surface area (Å²) in [4.78, 5) is 10.9.